The van der Waals surface area contributed by atoms with E-state index in [1.807, 2.05) is 36.4 Å². The van der Waals surface area contributed by atoms with Crippen molar-refractivity contribution in [3.05, 3.63) is 88.5 Å². The van der Waals surface area contributed by atoms with Crippen molar-refractivity contribution >= 4 is 46.8 Å². The summed E-state index contributed by atoms with van der Waals surface area (Å²) < 4.78 is 5.21. The van der Waals surface area contributed by atoms with Crippen LogP contribution in [0.25, 0.3) is 0 Å². The number of benzene rings is 3. The van der Waals surface area contributed by atoms with Crippen LogP contribution in [0.15, 0.2) is 77.9 Å². The van der Waals surface area contributed by atoms with Crippen molar-refractivity contribution in [2.45, 2.75) is 13.8 Å². The maximum atomic E-state index is 11.0. The van der Waals surface area contributed by atoms with Crippen LogP contribution < -0.4 is 25.7 Å². The molecule has 0 aliphatic heterocycles. The number of nitrogens with one attached hydrogen (secondary N) is 3. The molecule has 12 heteroatoms. The van der Waals surface area contributed by atoms with Gasteiger partial charge in [0.15, 0.2) is 0 Å². The molecule has 3 N–H and O–H groups in total. The highest BCUT2D eigenvalue weighted by atomic mass is 16.6. The predicted molar refractivity (Wildman–Crippen MR) is 154 cm³/mol. The lowest BCUT2D eigenvalue weighted by atomic mass is 10.2. The second-order valence-electron chi connectivity index (χ2n) is 8.22. The van der Waals surface area contributed by atoms with Crippen LogP contribution in [0, 0.1) is 10.1 Å². The average molecular weight is 528 g/mol. The lowest BCUT2D eigenvalue weighted by molar-refractivity contribution is -0.384. The summed E-state index contributed by atoms with van der Waals surface area (Å²) >= 11 is 0. The zero-order chi connectivity index (χ0) is 27.6. The lowest BCUT2D eigenvalue weighted by Gasteiger charge is -2.20. The van der Waals surface area contributed by atoms with Crippen molar-refractivity contribution in [3.63, 3.8) is 0 Å². The number of ether oxygens (including phenoxy) is 1. The first-order valence-corrected chi connectivity index (χ1v) is 12.3. The molecule has 1 aromatic heterocycles. The third kappa shape index (κ3) is 7.38. The number of rotatable bonds is 12. The molecule has 0 bridgehead atoms. The molecule has 0 atom stereocenters. The number of hydrogen-bond acceptors (Lipinski definition) is 11. The van der Waals surface area contributed by atoms with Gasteiger partial charge in [-0.25, -0.2) is 5.43 Å². The van der Waals surface area contributed by atoms with Crippen molar-refractivity contribution in [1.29, 1.82) is 0 Å². The third-order valence-corrected chi connectivity index (χ3v) is 5.72. The number of aromatic nitrogens is 3. The fourth-order valence-electron chi connectivity index (χ4n) is 3.66. The molecule has 0 fully saturated rings. The van der Waals surface area contributed by atoms with Gasteiger partial charge in [0.05, 0.1) is 18.2 Å². The van der Waals surface area contributed by atoms with Crippen LogP contribution >= 0.6 is 0 Å². The Balaban J connectivity index is 1.54. The number of anilines is 6. The summed E-state index contributed by atoms with van der Waals surface area (Å²) in [6.45, 7) is 6.13. The van der Waals surface area contributed by atoms with E-state index < -0.39 is 4.92 Å². The summed E-state index contributed by atoms with van der Waals surface area (Å²) in [6, 6.07) is 21.3. The van der Waals surface area contributed by atoms with E-state index in [9.17, 15) is 10.1 Å². The fourth-order valence-corrected chi connectivity index (χ4v) is 3.66. The van der Waals surface area contributed by atoms with Gasteiger partial charge in [0.25, 0.3) is 5.69 Å². The first-order chi connectivity index (χ1) is 19.0. The van der Waals surface area contributed by atoms with E-state index >= 15 is 0 Å². The first kappa shape index (κ1) is 26.8. The molecule has 0 amide bonds. The van der Waals surface area contributed by atoms with E-state index in [-0.39, 0.29) is 23.5 Å². The van der Waals surface area contributed by atoms with Crippen LogP contribution in [0.4, 0.5) is 40.6 Å². The van der Waals surface area contributed by atoms with E-state index in [1.54, 1.807) is 25.5 Å². The number of non-ortho nitro benzene ring substituents is 1. The van der Waals surface area contributed by atoms with Crippen LogP contribution in [0.1, 0.15) is 19.4 Å². The molecule has 4 rings (SSSR count). The molecular formula is C27H29N9O3. The summed E-state index contributed by atoms with van der Waals surface area (Å²) in [5, 5.41) is 21.4. The molecule has 4 aromatic rings. The Kier molecular flexibility index (Phi) is 8.80. The van der Waals surface area contributed by atoms with Gasteiger partial charge < -0.3 is 20.3 Å². The summed E-state index contributed by atoms with van der Waals surface area (Å²) in [5.41, 5.74) is 6.22. The van der Waals surface area contributed by atoms with E-state index in [0.29, 0.717) is 5.69 Å². The highest BCUT2D eigenvalue weighted by Crippen LogP contribution is 2.22. The molecule has 0 saturated heterocycles. The number of nitro benzene ring substituents is 1. The lowest BCUT2D eigenvalue weighted by Crippen LogP contribution is -2.21. The monoisotopic (exact) mass is 527 g/mol. The Morgan fingerprint density at radius 3 is 1.90 bits per heavy atom. The van der Waals surface area contributed by atoms with Crippen molar-refractivity contribution < 1.29 is 9.66 Å². The van der Waals surface area contributed by atoms with Gasteiger partial charge in [-0.15, -0.1) is 0 Å². The topological polar surface area (TPSA) is 143 Å². The molecule has 200 valence electrons. The minimum Gasteiger partial charge on any atom is -0.497 e. The summed E-state index contributed by atoms with van der Waals surface area (Å²) in [6.07, 6.45) is 1.68. The summed E-state index contributed by atoms with van der Waals surface area (Å²) in [4.78, 5) is 26.0. The molecule has 0 radical (unpaired) electrons. The van der Waals surface area contributed by atoms with E-state index in [2.05, 4.69) is 67.0 Å². The number of methoxy groups -OCH3 is 1. The van der Waals surface area contributed by atoms with Crippen LogP contribution in [-0.4, -0.2) is 46.3 Å². The maximum Gasteiger partial charge on any atom is 0.269 e. The Morgan fingerprint density at radius 1 is 0.846 bits per heavy atom. The number of hydrazone groups is 1. The SMILES string of the molecule is CCN(CC)c1ccc(/C=N/Nc2nc(Nc3ccc(OC)cc3)nc(Nc3ccc([N+](=O)[O-])cc3)n2)cc1. The molecular weight excluding hydrogens is 498 g/mol. The highest BCUT2D eigenvalue weighted by Gasteiger charge is 2.10. The zero-order valence-electron chi connectivity index (χ0n) is 21.8. The Bertz CT molecular complexity index is 1410. The van der Waals surface area contributed by atoms with Gasteiger partial charge in [0.2, 0.25) is 17.8 Å². The standard InChI is InChI=1S/C27H29N9O3/c1-4-35(5-2)22-12-6-19(7-13-22)18-28-34-27-32-25(29-20-8-14-23(15-9-20)36(37)38)31-26(33-27)30-21-10-16-24(39-3)17-11-21/h6-18H,4-5H2,1-3H3,(H3,29,30,31,32,33,34)/b28-18+. The smallest absolute Gasteiger partial charge is 0.269 e. The summed E-state index contributed by atoms with van der Waals surface area (Å²) in [7, 11) is 1.60. The first-order valence-electron chi connectivity index (χ1n) is 12.3. The maximum absolute atomic E-state index is 11.0. The van der Waals surface area contributed by atoms with Gasteiger partial charge in [-0.1, -0.05) is 12.1 Å². The van der Waals surface area contributed by atoms with Gasteiger partial charge >= 0.3 is 0 Å². The fraction of sp³-hybridized carbons (Fsp3) is 0.185. The van der Waals surface area contributed by atoms with Crippen molar-refractivity contribution in [3.8, 4) is 5.75 Å². The quantitative estimate of drug-likeness (QED) is 0.122. The molecule has 1 heterocycles. The van der Waals surface area contributed by atoms with Crippen LogP contribution in [0.3, 0.4) is 0 Å². The molecule has 0 aliphatic carbocycles. The van der Waals surface area contributed by atoms with Crippen molar-refractivity contribution in [2.75, 3.05) is 41.2 Å². The Hall–Kier alpha value is -5.26. The molecule has 3 aromatic carbocycles. The predicted octanol–water partition coefficient (Wildman–Crippen LogP) is 5.57. The minimum absolute atomic E-state index is 0.0140. The molecule has 0 spiro atoms. The minimum atomic E-state index is -0.458. The van der Waals surface area contributed by atoms with Crippen LogP contribution in [0.2, 0.25) is 0 Å². The highest BCUT2D eigenvalue weighted by molar-refractivity contribution is 5.80. The van der Waals surface area contributed by atoms with Gasteiger partial charge in [0, 0.05) is 42.3 Å². The molecule has 12 nitrogen and oxygen atoms in total. The number of hydrogen-bond donors (Lipinski definition) is 3. The number of nitro groups is 1. The summed E-state index contributed by atoms with van der Waals surface area (Å²) in [5.74, 6) is 1.40. The van der Waals surface area contributed by atoms with E-state index in [4.69, 9.17) is 4.74 Å². The largest absolute Gasteiger partial charge is 0.497 e. The van der Waals surface area contributed by atoms with E-state index in [1.165, 1.54) is 12.1 Å². The molecule has 0 aliphatic rings. The van der Waals surface area contributed by atoms with Crippen LogP contribution in [0.5, 0.6) is 5.75 Å². The molecule has 0 unspecified atom stereocenters. The van der Waals surface area contributed by atoms with Gasteiger partial charge in [-0.2, -0.15) is 20.1 Å². The molecule has 39 heavy (non-hydrogen) atoms. The van der Waals surface area contributed by atoms with Gasteiger partial charge in [-0.05, 0) is 67.9 Å². The second kappa shape index (κ2) is 12.8. The normalized spacial score (nSPS) is 10.7. The van der Waals surface area contributed by atoms with Crippen LogP contribution in [-0.2, 0) is 0 Å². The van der Waals surface area contributed by atoms with Gasteiger partial charge in [-0.3, -0.25) is 10.1 Å². The Morgan fingerprint density at radius 2 is 1.38 bits per heavy atom. The van der Waals surface area contributed by atoms with Gasteiger partial charge in [0.1, 0.15) is 5.75 Å². The Labute approximate surface area is 225 Å². The van der Waals surface area contributed by atoms with Crippen molar-refractivity contribution in [2.24, 2.45) is 5.10 Å². The molecule has 0 saturated carbocycles. The van der Waals surface area contributed by atoms with Crippen molar-refractivity contribution in [1.82, 2.24) is 15.0 Å². The second-order valence-corrected chi connectivity index (χ2v) is 8.22. The number of nitrogens with zero attached hydrogens (tertiary/aromatic N) is 6. The van der Waals surface area contributed by atoms with E-state index in [0.717, 1.165) is 35.8 Å². The third-order valence-electron chi connectivity index (χ3n) is 5.72. The zero-order valence-corrected chi connectivity index (χ0v) is 21.8. The average Bonchev–Trinajstić information content (AvgIpc) is 2.95.